The van der Waals surface area contributed by atoms with Gasteiger partial charge in [-0.3, -0.25) is 19.6 Å². The Labute approximate surface area is 154 Å². The van der Waals surface area contributed by atoms with Crippen LogP contribution in [-0.4, -0.2) is 20.6 Å². The van der Waals surface area contributed by atoms with Crippen LogP contribution in [0.2, 0.25) is 0 Å². The molecular formula is C18H18N4O5. The predicted octanol–water partition coefficient (Wildman–Crippen LogP) is 3.37. The fourth-order valence-corrected chi connectivity index (χ4v) is 2.59. The van der Waals surface area contributed by atoms with Crippen molar-refractivity contribution < 1.29 is 18.9 Å². The molecule has 1 aromatic carbocycles. The second kappa shape index (κ2) is 7.32. The maximum atomic E-state index is 12.4. The van der Waals surface area contributed by atoms with Gasteiger partial charge in [0.25, 0.3) is 5.91 Å². The molecule has 9 heteroatoms. The molecule has 0 spiro atoms. The third kappa shape index (κ3) is 3.81. The minimum absolute atomic E-state index is 0.0386. The maximum absolute atomic E-state index is 12.4. The molecule has 0 radical (unpaired) electrons. The summed E-state index contributed by atoms with van der Waals surface area (Å²) in [6.45, 7) is 3.61. The monoisotopic (exact) mass is 370 g/mol. The topological polar surface area (TPSA) is 112 Å². The number of rotatable bonds is 6. The number of nitro benzene ring substituents is 1. The van der Waals surface area contributed by atoms with Gasteiger partial charge in [-0.1, -0.05) is 12.1 Å². The molecule has 140 valence electrons. The second-order valence-corrected chi connectivity index (χ2v) is 5.90. The minimum Gasteiger partial charge on any atom is -0.479 e. The summed E-state index contributed by atoms with van der Waals surface area (Å²) in [7, 11) is 1.79. The Balaban J connectivity index is 1.68. The zero-order chi connectivity index (χ0) is 19.6. The summed E-state index contributed by atoms with van der Waals surface area (Å²) in [6.07, 6.45) is 0. The Morgan fingerprint density at radius 3 is 2.70 bits per heavy atom. The molecule has 0 bridgehead atoms. The molecule has 27 heavy (non-hydrogen) atoms. The van der Waals surface area contributed by atoms with Crippen LogP contribution in [0, 0.1) is 24.0 Å². The van der Waals surface area contributed by atoms with Gasteiger partial charge in [-0.05, 0) is 32.0 Å². The summed E-state index contributed by atoms with van der Waals surface area (Å²) in [4.78, 5) is 22.9. The number of anilines is 1. The number of furan rings is 1. The number of para-hydroxylation sites is 2. The molecule has 0 saturated carbocycles. The number of aryl methyl sites for hydroxylation is 2. The highest BCUT2D eigenvalue weighted by atomic mass is 16.6. The first kappa shape index (κ1) is 18.2. The molecular weight excluding hydrogens is 352 g/mol. The summed E-state index contributed by atoms with van der Waals surface area (Å²) in [5.41, 5.74) is 2.03. The van der Waals surface area contributed by atoms with Gasteiger partial charge in [0.2, 0.25) is 0 Å². The molecule has 0 fully saturated rings. The SMILES string of the molecule is Cc1nn(C)c(C)c1NC(=O)c1ccc(COc2ccccc2[N+](=O)[O-])o1. The number of carbonyl (C=O) groups is 1. The normalized spacial score (nSPS) is 10.6. The van der Waals surface area contributed by atoms with E-state index in [0.29, 0.717) is 17.1 Å². The van der Waals surface area contributed by atoms with Crippen molar-refractivity contribution in [1.29, 1.82) is 0 Å². The number of aromatic nitrogens is 2. The van der Waals surface area contributed by atoms with Crippen LogP contribution in [0.3, 0.4) is 0 Å². The van der Waals surface area contributed by atoms with E-state index in [4.69, 9.17) is 9.15 Å². The Bertz CT molecular complexity index is 1010. The number of hydrogen-bond donors (Lipinski definition) is 1. The number of hydrogen-bond acceptors (Lipinski definition) is 6. The molecule has 0 aliphatic carbocycles. The van der Waals surface area contributed by atoms with Gasteiger partial charge in [0.15, 0.2) is 11.5 Å². The molecule has 2 heterocycles. The number of benzene rings is 1. The molecule has 0 unspecified atom stereocenters. The van der Waals surface area contributed by atoms with E-state index in [1.54, 1.807) is 36.9 Å². The lowest BCUT2D eigenvalue weighted by Gasteiger charge is -2.05. The number of nitrogens with zero attached hydrogens (tertiary/aromatic N) is 3. The van der Waals surface area contributed by atoms with Gasteiger partial charge >= 0.3 is 5.69 Å². The van der Waals surface area contributed by atoms with Crippen LogP contribution in [0.5, 0.6) is 5.75 Å². The van der Waals surface area contributed by atoms with E-state index in [1.807, 2.05) is 6.92 Å². The Morgan fingerprint density at radius 1 is 1.30 bits per heavy atom. The van der Waals surface area contributed by atoms with Crippen molar-refractivity contribution in [2.75, 3.05) is 5.32 Å². The molecule has 1 amide bonds. The molecule has 0 aliphatic rings. The molecule has 1 N–H and O–H groups in total. The predicted molar refractivity (Wildman–Crippen MR) is 96.8 cm³/mol. The Kier molecular flexibility index (Phi) is 4.93. The lowest BCUT2D eigenvalue weighted by atomic mass is 10.3. The van der Waals surface area contributed by atoms with Gasteiger partial charge in [-0.15, -0.1) is 0 Å². The van der Waals surface area contributed by atoms with Crippen molar-refractivity contribution in [2.45, 2.75) is 20.5 Å². The van der Waals surface area contributed by atoms with Crippen molar-refractivity contribution in [3.05, 3.63) is 69.4 Å². The van der Waals surface area contributed by atoms with Crippen molar-refractivity contribution in [1.82, 2.24) is 9.78 Å². The van der Waals surface area contributed by atoms with E-state index < -0.39 is 10.8 Å². The number of amides is 1. The van der Waals surface area contributed by atoms with Crippen LogP contribution in [-0.2, 0) is 13.7 Å². The van der Waals surface area contributed by atoms with Crippen LogP contribution < -0.4 is 10.1 Å². The van der Waals surface area contributed by atoms with Gasteiger partial charge < -0.3 is 14.5 Å². The quantitative estimate of drug-likeness (QED) is 0.526. The Hall–Kier alpha value is -3.62. The van der Waals surface area contributed by atoms with Crippen LogP contribution >= 0.6 is 0 Å². The van der Waals surface area contributed by atoms with Crippen LogP contribution in [0.4, 0.5) is 11.4 Å². The van der Waals surface area contributed by atoms with Crippen LogP contribution in [0.1, 0.15) is 27.7 Å². The first-order valence-electron chi connectivity index (χ1n) is 8.13. The number of ether oxygens (including phenoxy) is 1. The maximum Gasteiger partial charge on any atom is 0.310 e. The average molecular weight is 370 g/mol. The lowest BCUT2D eigenvalue weighted by molar-refractivity contribution is -0.386. The molecule has 9 nitrogen and oxygen atoms in total. The van der Waals surface area contributed by atoms with Crippen molar-refractivity contribution in [2.24, 2.45) is 7.05 Å². The largest absolute Gasteiger partial charge is 0.479 e. The number of carbonyl (C=O) groups excluding carboxylic acids is 1. The Morgan fingerprint density at radius 2 is 2.04 bits per heavy atom. The highest BCUT2D eigenvalue weighted by Crippen LogP contribution is 2.27. The van der Waals surface area contributed by atoms with E-state index in [0.717, 1.165) is 5.69 Å². The molecule has 0 saturated heterocycles. The summed E-state index contributed by atoms with van der Waals surface area (Å²) in [5.74, 6) is 0.203. The lowest BCUT2D eigenvalue weighted by Crippen LogP contribution is -2.12. The molecule has 0 atom stereocenters. The zero-order valence-corrected chi connectivity index (χ0v) is 15.1. The summed E-state index contributed by atoms with van der Waals surface area (Å²) in [5, 5.41) is 18.0. The summed E-state index contributed by atoms with van der Waals surface area (Å²) >= 11 is 0. The number of nitrogens with one attached hydrogen (secondary N) is 1. The van der Waals surface area contributed by atoms with E-state index in [2.05, 4.69) is 10.4 Å². The highest BCUT2D eigenvalue weighted by molar-refractivity contribution is 6.02. The van der Waals surface area contributed by atoms with E-state index in [-0.39, 0.29) is 23.8 Å². The highest BCUT2D eigenvalue weighted by Gasteiger charge is 2.18. The number of nitro groups is 1. The van der Waals surface area contributed by atoms with Crippen LogP contribution in [0.25, 0.3) is 0 Å². The summed E-state index contributed by atoms with van der Waals surface area (Å²) < 4.78 is 12.6. The fourth-order valence-electron chi connectivity index (χ4n) is 2.59. The van der Waals surface area contributed by atoms with Crippen LogP contribution in [0.15, 0.2) is 40.8 Å². The van der Waals surface area contributed by atoms with Gasteiger partial charge in [0.1, 0.15) is 12.4 Å². The molecule has 2 aromatic heterocycles. The zero-order valence-electron chi connectivity index (χ0n) is 15.1. The van der Waals surface area contributed by atoms with Gasteiger partial charge in [0, 0.05) is 13.1 Å². The fraction of sp³-hybridized carbons (Fsp3) is 0.222. The first-order valence-corrected chi connectivity index (χ1v) is 8.13. The van der Waals surface area contributed by atoms with Gasteiger partial charge in [-0.25, -0.2) is 0 Å². The first-order chi connectivity index (χ1) is 12.9. The second-order valence-electron chi connectivity index (χ2n) is 5.90. The molecule has 3 rings (SSSR count). The van der Waals surface area contributed by atoms with Crippen molar-refractivity contribution in [3.8, 4) is 5.75 Å². The van der Waals surface area contributed by atoms with Gasteiger partial charge in [-0.2, -0.15) is 5.10 Å². The third-order valence-electron chi connectivity index (χ3n) is 4.06. The van der Waals surface area contributed by atoms with Gasteiger partial charge in [0.05, 0.1) is 22.0 Å². The standard InChI is InChI=1S/C18H18N4O5/c1-11-17(12(2)21(3)20-11)19-18(23)16-9-8-13(27-16)10-26-15-7-5-4-6-14(15)22(24)25/h4-9H,10H2,1-3H3,(H,19,23). The smallest absolute Gasteiger partial charge is 0.310 e. The molecule has 0 aliphatic heterocycles. The van der Waals surface area contributed by atoms with E-state index >= 15 is 0 Å². The molecule has 3 aromatic rings. The van der Waals surface area contributed by atoms with Crippen molar-refractivity contribution in [3.63, 3.8) is 0 Å². The average Bonchev–Trinajstić information content (AvgIpc) is 3.20. The summed E-state index contributed by atoms with van der Waals surface area (Å²) in [6, 6.07) is 9.17. The third-order valence-corrected chi connectivity index (χ3v) is 4.06. The van der Waals surface area contributed by atoms with E-state index in [1.165, 1.54) is 18.2 Å². The minimum atomic E-state index is -0.519. The van der Waals surface area contributed by atoms with E-state index in [9.17, 15) is 14.9 Å². The van der Waals surface area contributed by atoms with Crippen molar-refractivity contribution >= 4 is 17.3 Å².